The van der Waals surface area contributed by atoms with Crippen LogP contribution in [0.3, 0.4) is 0 Å². The van der Waals surface area contributed by atoms with Gasteiger partial charge >= 0.3 is 0 Å². The minimum atomic E-state index is -0.472. The number of thioether (sulfide) groups is 1. The molecule has 0 radical (unpaired) electrons. The second-order valence-electron chi connectivity index (χ2n) is 7.96. The fourth-order valence-corrected chi connectivity index (χ4v) is 4.32. The smallest absolute Gasteiger partial charge is 0.237 e. The highest BCUT2D eigenvalue weighted by atomic mass is 35.5. The number of methoxy groups -OCH3 is 2. The van der Waals surface area contributed by atoms with Crippen LogP contribution < -0.4 is 14.8 Å². The highest BCUT2D eigenvalue weighted by Gasteiger charge is 2.20. The molecule has 9 heteroatoms. The molecule has 0 bridgehead atoms. The number of hydrogen-bond donors (Lipinski definition) is 1. The molecule has 0 saturated carbocycles. The van der Waals surface area contributed by atoms with Crippen LogP contribution >= 0.6 is 23.4 Å². The Bertz CT molecular complexity index is 1360. The van der Waals surface area contributed by atoms with Gasteiger partial charge in [0.1, 0.15) is 22.9 Å². The maximum Gasteiger partial charge on any atom is 0.237 e. The zero-order valence-corrected chi connectivity index (χ0v) is 21.9. The van der Waals surface area contributed by atoms with Gasteiger partial charge in [0.05, 0.1) is 19.5 Å². The Morgan fingerprint density at radius 2 is 1.47 bits per heavy atom. The lowest BCUT2D eigenvalue weighted by Crippen LogP contribution is -2.23. The number of nitrogens with one attached hydrogen (secondary N) is 1. The Kier molecular flexibility index (Phi) is 8.07. The molecule has 0 saturated heterocycles. The molecule has 1 aromatic heterocycles. The normalized spacial score (nSPS) is 11.6. The number of hydrogen-bond acceptors (Lipinski definition) is 7. The van der Waals surface area contributed by atoms with Gasteiger partial charge in [-0.25, -0.2) is 4.98 Å². The molecule has 1 N–H and O–H groups in total. The highest BCUT2D eigenvalue weighted by Crippen LogP contribution is 2.33. The molecule has 0 aliphatic carbocycles. The monoisotopic (exact) mass is 520 g/mol. The first-order chi connectivity index (χ1) is 17.4. The van der Waals surface area contributed by atoms with Crippen molar-refractivity contribution in [1.82, 2.24) is 15.2 Å². The number of aryl methyl sites for hydroxylation is 1. The van der Waals surface area contributed by atoms with Crippen molar-refractivity contribution in [3.8, 4) is 34.0 Å². The summed E-state index contributed by atoms with van der Waals surface area (Å²) >= 11 is 7.32. The van der Waals surface area contributed by atoms with Gasteiger partial charge in [0.15, 0.2) is 0 Å². The van der Waals surface area contributed by atoms with E-state index in [0.717, 1.165) is 28.2 Å². The SMILES string of the molecule is COc1ccc(-c2nnc(SC(C)C(=O)Nc3cc(Cl)ccc3C)nc2-c2ccc(OC)cc2)cc1. The number of nitrogens with zero attached hydrogens (tertiary/aromatic N) is 3. The number of benzene rings is 3. The molecule has 4 rings (SSSR count). The van der Waals surface area contributed by atoms with Crippen molar-refractivity contribution in [3.63, 3.8) is 0 Å². The maximum atomic E-state index is 12.9. The average molecular weight is 521 g/mol. The molecule has 0 spiro atoms. The van der Waals surface area contributed by atoms with E-state index >= 15 is 0 Å². The first kappa shape index (κ1) is 25.5. The second kappa shape index (κ2) is 11.4. The van der Waals surface area contributed by atoms with Crippen LogP contribution in [0.25, 0.3) is 22.5 Å². The average Bonchev–Trinajstić information content (AvgIpc) is 2.90. The topological polar surface area (TPSA) is 86.2 Å². The molecule has 4 aromatic rings. The largest absolute Gasteiger partial charge is 0.497 e. The minimum absolute atomic E-state index is 0.181. The summed E-state index contributed by atoms with van der Waals surface area (Å²) in [6, 6.07) is 20.5. The number of rotatable bonds is 8. The van der Waals surface area contributed by atoms with E-state index < -0.39 is 5.25 Å². The van der Waals surface area contributed by atoms with Gasteiger partial charge in [0.2, 0.25) is 11.1 Å². The second-order valence-corrected chi connectivity index (χ2v) is 9.70. The number of ether oxygens (including phenoxy) is 2. The summed E-state index contributed by atoms with van der Waals surface area (Å²) in [6.45, 7) is 3.71. The van der Waals surface area contributed by atoms with Crippen LogP contribution in [0, 0.1) is 6.92 Å². The number of carbonyl (C=O) groups excluding carboxylic acids is 1. The summed E-state index contributed by atoms with van der Waals surface area (Å²) in [4.78, 5) is 17.7. The fourth-order valence-electron chi connectivity index (χ4n) is 3.43. The third-order valence-corrected chi connectivity index (χ3v) is 6.69. The van der Waals surface area contributed by atoms with E-state index in [1.807, 2.05) is 61.5 Å². The van der Waals surface area contributed by atoms with E-state index in [4.69, 9.17) is 26.1 Å². The van der Waals surface area contributed by atoms with Crippen molar-refractivity contribution in [1.29, 1.82) is 0 Å². The molecule has 1 atom stereocenters. The number of halogens is 1. The lowest BCUT2D eigenvalue weighted by Gasteiger charge is -2.14. The molecule has 0 aliphatic heterocycles. The van der Waals surface area contributed by atoms with E-state index in [1.165, 1.54) is 11.8 Å². The highest BCUT2D eigenvalue weighted by molar-refractivity contribution is 8.00. The van der Waals surface area contributed by atoms with Gasteiger partial charge in [-0.05, 0) is 80.1 Å². The molecule has 36 heavy (non-hydrogen) atoms. The predicted molar refractivity (Wildman–Crippen MR) is 144 cm³/mol. The number of carbonyl (C=O) groups is 1. The summed E-state index contributed by atoms with van der Waals surface area (Å²) in [7, 11) is 3.24. The van der Waals surface area contributed by atoms with Gasteiger partial charge in [-0.3, -0.25) is 4.79 Å². The number of aromatic nitrogens is 3. The molecule has 7 nitrogen and oxygen atoms in total. The zero-order valence-electron chi connectivity index (χ0n) is 20.3. The first-order valence-corrected chi connectivity index (χ1v) is 12.4. The molecular formula is C27H25ClN4O3S. The molecular weight excluding hydrogens is 496 g/mol. The molecule has 0 aliphatic rings. The van der Waals surface area contributed by atoms with Gasteiger partial charge in [0.25, 0.3) is 0 Å². The number of anilines is 1. The van der Waals surface area contributed by atoms with Crippen LogP contribution in [0.5, 0.6) is 11.5 Å². The molecule has 184 valence electrons. The van der Waals surface area contributed by atoms with Crippen LogP contribution in [0.1, 0.15) is 12.5 Å². The van der Waals surface area contributed by atoms with E-state index in [1.54, 1.807) is 33.3 Å². The van der Waals surface area contributed by atoms with Crippen LogP contribution in [-0.2, 0) is 4.79 Å². The number of amides is 1. The Labute approximate surface area is 219 Å². The van der Waals surface area contributed by atoms with Crippen LogP contribution in [0.2, 0.25) is 5.02 Å². The Morgan fingerprint density at radius 1 is 0.889 bits per heavy atom. The maximum absolute atomic E-state index is 12.9. The van der Waals surface area contributed by atoms with Gasteiger partial charge in [0, 0.05) is 21.8 Å². The van der Waals surface area contributed by atoms with Crippen molar-refractivity contribution in [2.24, 2.45) is 0 Å². The van der Waals surface area contributed by atoms with Crippen molar-refractivity contribution in [2.75, 3.05) is 19.5 Å². The van der Waals surface area contributed by atoms with Gasteiger partial charge in [-0.1, -0.05) is 29.4 Å². The standard InChI is InChI=1S/C27H25ClN4O3S/c1-16-5-10-20(28)15-23(16)29-26(33)17(2)36-27-30-24(18-6-11-21(34-3)12-7-18)25(31-32-27)19-8-13-22(35-4)14-9-19/h5-15,17H,1-4H3,(H,29,33). The fraction of sp³-hybridized carbons (Fsp3) is 0.185. The summed E-state index contributed by atoms with van der Waals surface area (Å²) in [6.07, 6.45) is 0. The van der Waals surface area contributed by atoms with Crippen molar-refractivity contribution in [3.05, 3.63) is 77.3 Å². The zero-order chi connectivity index (χ0) is 25.7. The Morgan fingerprint density at radius 3 is 2.06 bits per heavy atom. The van der Waals surface area contributed by atoms with Gasteiger partial charge < -0.3 is 14.8 Å². The van der Waals surface area contributed by atoms with Crippen molar-refractivity contribution < 1.29 is 14.3 Å². The third-order valence-electron chi connectivity index (χ3n) is 5.50. The van der Waals surface area contributed by atoms with Crippen molar-refractivity contribution in [2.45, 2.75) is 24.3 Å². The van der Waals surface area contributed by atoms with Gasteiger partial charge in [-0.2, -0.15) is 0 Å². The molecule has 0 fully saturated rings. The minimum Gasteiger partial charge on any atom is -0.497 e. The third kappa shape index (κ3) is 5.95. The first-order valence-electron chi connectivity index (χ1n) is 11.1. The summed E-state index contributed by atoms with van der Waals surface area (Å²) in [5.41, 5.74) is 4.57. The Balaban J connectivity index is 1.63. The lowest BCUT2D eigenvalue weighted by molar-refractivity contribution is -0.115. The van der Waals surface area contributed by atoms with E-state index in [2.05, 4.69) is 15.5 Å². The molecule has 1 unspecified atom stereocenters. The van der Waals surface area contributed by atoms with Crippen LogP contribution in [0.15, 0.2) is 71.9 Å². The van der Waals surface area contributed by atoms with Crippen LogP contribution in [0.4, 0.5) is 5.69 Å². The van der Waals surface area contributed by atoms with E-state index in [-0.39, 0.29) is 5.91 Å². The quantitative estimate of drug-likeness (QED) is 0.273. The molecule has 3 aromatic carbocycles. The predicted octanol–water partition coefficient (Wildman–Crippen LogP) is 6.30. The van der Waals surface area contributed by atoms with Crippen molar-refractivity contribution >= 4 is 35.0 Å². The molecule has 1 heterocycles. The summed E-state index contributed by atoms with van der Waals surface area (Å²) in [5.74, 6) is 1.30. The lowest BCUT2D eigenvalue weighted by atomic mass is 10.0. The summed E-state index contributed by atoms with van der Waals surface area (Å²) < 4.78 is 10.6. The van der Waals surface area contributed by atoms with E-state index in [0.29, 0.717) is 27.3 Å². The van der Waals surface area contributed by atoms with Gasteiger partial charge in [-0.15, -0.1) is 10.2 Å². The van der Waals surface area contributed by atoms with Crippen LogP contribution in [-0.4, -0.2) is 40.6 Å². The summed E-state index contributed by atoms with van der Waals surface area (Å²) in [5, 5.41) is 12.2. The molecule has 1 amide bonds. The Hall–Kier alpha value is -3.62. The van der Waals surface area contributed by atoms with E-state index in [9.17, 15) is 4.79 Å².